The zero-order chi connectivity index (χ0) is 16.7. The van der Waals surface area contributed by atoms with E-state index in [1.54, 1.807) is 11.9 Å². The van der Waals surface area contributed by atoms with Crippen LogP contribution in [0.25, 0.3) is 0 Å². The summed E-state index contributed by atoms with van der Waals surface area (Å²) in [6.45, 7) is 1.07. The standard InChI is InChI=1S/C16H22N4O3/c1-17-15(22)13-8-5-9-20(13)11-14(21)19-16(23)18-10-12-6-3-2-4-7-12/h2-4,6-7,13H,5,8-11H2,1H3,(H,17,22)(H2,18,19,21,23). The lowest BCUT2D eigenvalue weighted by molar-refractivity contribution is -0.126. The molecule has 1 unspecified atom stereocenters. The van der Waals surface area contributed by atoms with Gasteiger partial charge in [0, 0.05) is 13.6 Å². The Balaban J connectivity index is 1.75. The fraction of sp³-hybridized carbons (Fsp3) is 0.438. The number of likely N-dealkylation sites (tertiary alicyclic amines) is 1. The molecule has 1 saturated heterocycles. The summed E-state index contributed by atoms with van der Waals surface area (Å²) < 4.78 is 0. The van der Waals surface area contributed by atoms with Crippen LogP contribution in [0.3, 0.4) is 0 Å². The third-order valence-electron chi connectivity index (χ3n) is 3.81. The summed E-state index contributed by atoms with van der Waals surface area (Å²) in [5.41, 5.74) is 0.953. The van der Waals surface area contributed by atoms with Crippen molar-refractivity contribution in [2.24, 2.45) is 0 Å². The summed E-state index contributed by atoms with van der Waals surface area (Å²) in [5.74, 6) is -0.504. The molecule has 1 fully saturated rings. The van der Waals surface area contributed by atoms with Crippen molar-refractivity contribution < 1.29 is 14.4 Å². The smallest absolute Gasteiger partial charge is 0.321 e. The van der Waals surface area contributed by atoms with Gasteiger partial charge < -0.3 is 10.6 Å². The van der Waals surface area contributed by atoms with Gasteiger partial charge >= 0.3 is 6.03 Å². The van der Waals surface area contributed by atoms with Crippen LogP contribution in [0.15, 0.2) is 30.3 Å². The van der Waals surface area contributed by atoms with E-state index in [2.05, 4.69) is 16.0 Å². The van der Waals surface area contributed by atoms with Crippen LogP contribution >= 0.6 is 0 Å². The van der Waals surface area contributed by atoms with Gasteiger partial charge in [0.25, 0.3) is 0 Å². The molecule has 0 saturated carbocycles. The van der Waals surface area contributed by atoms with E-state index < -0.39 is 11.9 Å². The second-order valence-corrected chi connectivity index (χ2v) is 5.46. The van der Waals surface area contributed by atoms with E-state index in [4.69, 9.17) is 0 Å². The van der Waals surface area contributed by atoms with Gasteiger partial charge in [-0.25, -0.2) is 4.79 Å². The third kappa shape index (κ3) is 5.07. The lowest BCUT2D eigenvalue weighted by atomic mass is 10.2. The van der Waals surface area contributed by atoms with Crippen molar-refractivity contribution in [1.29, 1.82) is 0 Å². The van der Waals surface area contributed by atoms with Crippen LogP contribution in [-0.2, 0) is 16.1 Å². The highest BCUT2D eigenvalue weighted by Crippen LogP contribution is 2.16. The minimum atomic E-state index is -0.533. The van der Waals surface area contributed by atoms with Crippen LogP contribution in [0.4, 0.5) is 4.79 Å². The average molecular weight is 318 g/mol. The molecule has 1 atom stereocenters. The summed E-state index contributed by atoms with van der Waals surface area (Å²) >= 11 is 0. The second-order valence-electron chi connectivity index (χ2n) is 5.46. The normalized spacial score (nSPS) is 17.5. The quantitative estimate of drug-likeness (QED) is 0.724. The molecular formula is C16H22N4O3. The summed E-state index contributed by atoms with van der Waals surface area (Å²) in [6.07, 6.45) is 1.60. The fourth-order valence-electron chi connectivity index (χ4n) is 2.65. The molecule has 1 aromatic rings. The zero-order valence-electron chi connectivity index (χ0n) is 13.2. The predicted molar refractivity (Wildman–Crippen MR) is 85.5 cm³/mol. The Kier molecular flexibility index (Phi) is 6.10. The SMILES string of the molecule is CNC(=O)C1CCCN1CC(=O)NC(=O)NCc1ccccc1. The van der Waals surface area contributed by atoms with Gasteiger partial charge in [0.2, 0.25) is 11.8 Å². The van der Waals surface area contributed by atoms with E-state index in [-0.39, 0.29) is 18.5 Å². The van der Waals surface area contributed by atoms with Crippen LogP contribution < -0.4 is 16.0 Å². The average Bonchev–Trinajstić information content (AvgIpc) is 3.01. The number of imide groups is 1. The van der Waals surface area contributed by atoms with Crippen LogP contribution in [0, 0.1) is 0 Å². The van der Waals surface area contributed by atoms with Gasteiger partial charge in [0.1, 0.15) is 0 Å². The Morgan fingerprint density at radius 2 is 1.96 bits per heavy atom. The first-order chi connectivity index (χ1) is 11.1. The van der Waals surface area contributed by atoms with Gasteiger partial charge in [-0.15, -0.1) is 0 Å². The zero-order valence-corrected chi connectivity index (χ0v) is 13.2. The third-order valence-corrected chi connectivity index (χ3v) is 3.81. The Morgan fingerprint density at radius 3 is 2.65 bits per heavy atom. The molecule has 0 aromatic heterocycles. The highest BCUT2D eigenvalue weighted by Gasteiger charge is 2.31. The molecule has 2 rings (SSSR count). The van der Waals surface area contributed by atoms with Gasteiger partial charge in [0.05, 0.1) is 12.6 Å². The lowest BCUT2D eigenvalue weighted by Crippen LogP contribution is -2.48. The maximum absolute atomic E-state index is 11.9. The lowest BCUT2D eigenvalue weighted by Gasteiger charge is -2.22. The van der Waals surface area contributed by atoms with Gasteiger partial charge in [-0.05, 0) is 24.9 Å². The first-order valence-electron chi connectivity index (χ1n) is 7.67. The monoisotopic (exact) mass is 318 g/mol. The Hall–Kier alpha value is -2.41. The molecule has 124 valence electrons. The van der Waals surface area contributed by atoms with Gasteiger partial charge in [-0.1, -0.05) is 30.3 Å². The first kappa shape index (κ1) is 17.0. The highest BCUT2D eigenvalue weighted by atomic mass is 16.2. The Bertz CT molecular complexity index is 562. The van der Waals surface area contributed by atoms with Crippen molar-refractivity contribution in [2.45, 2.75) is 25.4 Å². The number of hydrogen-bond acceptors (Lipinski definition) is 4. The Labute approximate surface area is 135 Å². The molecule has 0 aliphatic carbocycles. The summed E-state index contributed by atoms with van der Waals surface area (Å²) in [4.78, 5) is 37.2. The number of nitrogens with zero attached hydrogens (tertiary/aromatic N) is 1. The number of amides is 4. The first-order valence-corrected chi connectivity index (χ1v) is 7.67. The van der Waals surface area contributed by atoms with Crippen LogP contribution in [0.2, 0.25) is 0 Å². The maximum atomic E-state index is 11.9. The van der Waals surface area contributed by atoms with E-state index in [1.807, 2.05) is 30.3 Å². The van der Waals surface area contributed by atoms with Gasteiger partial charge in [-0.3, -0.25) is 19.8 Å². The molecule has 1 aliphatic rings. The van der Waals surface area contributed by atoms with Crippen LogP contribution in [-0.4, -0.2) is 48.9 Å². The Morgan fingerprint density at radius 1 is 1.22 bits per heavy atom. The van der Waals surface area contributed by atoms with E-state index in [0.717, 1.165) is 18.4 Å². The fourth-order valence-corrected chi connectivity index (χ4v) is 2.65. The minimum Gasteiger partial charge on any atom is -0.358 e. The molecule has 0 spiro atoms. The summed E-state index contributed by atoms with van der Waals surface area (Å²) in [7, 11) is 1.58. The molecule has 7 heteroatoms. The highest BCUT2D eigenvalue weighted by molar-refractivity contribution is 5.95. The molecule has 3 N–H and O–H groups in total. The van der Waals surface area contributed by atoms with Crippen molar-refractivity contribution >= 4 is 17.8 Å². The van der Waals surface area contributed by atoms with E-state index in [0.29, 0.717) is 13.1 Å². The van der Waals surface area contributed by atoms with Crippen molar-refractivity contribution in [3.63, 3.8) is 0 Å². The molecule has 1 aromatic carbocycles. The number of carbonyl (C=O) groups is 3. The number of nitrogens with one attached hydrogen (secondary N) is 3. The number of hydrogen-bond donors (Lipinski definition) is 3. The minimum absolute atomic E-state index is 0.0385. The number of benzene rings is 1. The van der Waals surface area contributed by atoms with Crippen molar-refractivity contribution in [3.8, 4) is 0 Å². The largest absolute Gasteiger partial charge is 0.358 e. The van der Waals surface area contributed by atoms with Crippen molar-refractivity contribution in [3.05, 3.63) is 35.9 Å². The van der Waals surface area contributed by atoms with Crippen molar-refractivity contribution in [2.75, 3.05) is 20.1 Å². The molecule has 1 aliphatic heterocycles. The van der Waals surface area contributed by atoms with E-state index in [1.165, 1.54) is 0 Å². The van der Waals surface area contributed by atoms with Gasteiger partial charge in [-0.2, -0.15) is 0 Å². The maximum Gasteiger partial charge on any atom is 0.321 e. The van der Waals surface area contributed by atoms with Gasteiger partial charge in [0.15, 0.2) is 0 Å². The number of likely N-dealkylation sites (N-methyl/N-ethyl adjacent to an activating group) is 1. The molecule has 23 heavy (non-hydrogen) atoms. The van der Waals surface area contributed by atoms with Crippen LogP contribution in [0.5, 0.6) is 0 Å². The summed E-state index contributed by atoms with van der Waals surface area (Å²) in [6, 6.07) is 8.61. The summed E-state index contributed by atoms with van der Waals surface area (Å²) in [5, 5.41) is 7.52. The molecular weight excluding hydrogens is 296 g/mol. The molecule has 0 bridgehead atoms. The predicted octanol–water partition coefficient (Wildman–Crippen LogP) is 0.223. The number of rotatable bonds is 5. The van der Waals surface area contributed by atoms with Crippen LogP contribution in [0.1, 0.15) is 18.4 Å². The number of carbonyl (C=O) groups excluding carboxylic acids is 3. The van der Waals surface area contributed by atoms with E-state index in [9.17, 15) is 14.4 Å². The molecule has 1 heterocycles. The molecule has 0 radical (unpaired) electrons. The van der Waals surface area contributed by atoms with E-state index >= 15 is 0 Å². The topological polar surface area (TPSA) is 90.5 Å². The second kappa shape index (κ2) is 8.28. The number of urea groups is 1. The van der Waals surface area contributed by atoms with Crippen molar-refractivity contribution in [1.82, 2.24) is 20.9 Å². The molecule has 7 nitrogen and oxygen atoms in total. The molecule has 4 amide bonds.